The molecule has 0 atom stereocenters. The van der Waals surface area contributed by atoms with Gasteiger partial charge in [0.2, 0.25) is 0 Å². The monoisotopic (exact) mass is 264 g/mol. The molecule has 0 spiro atoms. The highest BCUT2D eigenvalue weighted by molar-refractivity contribution is 5.94. The Hall–Kier alpha value is -1.42. The van der Waals surface area contributed by atoms with Crippen molar-refractivity contribution in [3.05, 3.63) is 35.6 Å². The van der Waals surface area contributed by atoms with Crippen molar-refractivity contribution in [1.29, 1.82) is 0 Å². The van der Waals surface area contributed by atoms with E-state index >= 15 is 0 Å². The fourth-order valence-electron chi connectivity index (χ4n) is 2.74. The molecular formula is C15H21FN2O. The number of nitrogens with one attached hydrogen (secondary N) is 1. The molecule has 0 saturated heterocycles. The van der Waals surface area contributed by atoms with Gasteiger partial charge in [-0.25, -0.2) is 4.39 Å². The Morgan fingerprint density at radius 2 is 2.00 bits per heavy atom. The Bertz CT molecular complexity index is 442. The average molecular weight is 264 g/mol. The lowest BCUT2D eigenvalue weighted by molar-refractivity contribution is 0.0685. The van der Waals surface area contributed by atoms with Gasteiger partial charge >= 0.3 is 0 Å². The molecule has 3 nitrogen and oxygen atoms in total. The quantitative estimate of drug-likeness (QED) is 0.909. The highest BCUT2D eigenvalue weighted by Crippen LogP contribution is 2.23. The Morgan fingerprint density at radius 1 is 1.32 bits per heavy atom. The molecule has 1 fully saturated rings. The maximum atomic E-state index is 13.2. The molecule has 19 heavy (non-hydrogen) atoms. The summed E-state index contributed by atoms with van der Waals surface area (Å²) in [5.74, 6) is -0.453. The van der Waals surface area contributed by atoms with Crippen molar-refractivity contribution >= 4 is 5.91 Å². The summed E-state index contributed by atoms with van der Waals surface area (Å²) in [6.07, 6.45) is 4.18. The van der Waals surface area contributed by atoms with Gasteiger partial charge in [-0.1, -0.05) is 6.07 Å². The molecule has 1 aliphatic rings. The molecule has 0 heterocycles. The zero-order valence-corrected chi connectivity index (χ0v) is 11.5. The highest BCUT2D eigenvalue weighted by atomic mass is 19.1. The van der Waals surface area contributed by atoms with Crippen molar-refractivity contribution in [2.45, 2.75) is 37.8 Å². The summed E-state index contributed by atoms with van der Waals surface area (Å²) in [5, 5.41) is 3.28. The van der Waals surface area contributed by atoms with Crippen molar-refractivity contribution in [1.82, 2.24) is 10.2 Å². The summed E-state index contributed by atoms with van der Waals surface area (Å²) in [4.78, 5) is 14.1. The molecule has 1 saturated carbocycles. The Morgan fingerprint density at radius 3 is 2.58 bits per heavy atom. The van der Waals surface area contributed by atoms with Gasteiger partial charge in [-0.3, -0.25) is 4.79 Å². The molecule has 104 valence electrons. The first-order chi connectivity index (χ1) is 9.11. The lowest BCUT2D eigenvalue weighted by Gasteiger charge is -2.34. The maximum absolute atomic E-state index is 13.2. The summed E-state index contributed by atoms with van der Waals surface area (Å²) in [7, 11) is 3.80. The zero-order valence-electron chi connectivity index (χ0n) is 11.5. The molecular weight excluding hydrogens is 243 g/mol. The van der Waals surface area contributed by atoms with Gasteiger partial charge in [0.05, 0.1) is 0 Å². The first-order valence-corrected chi connectivity index (χ1v) is 6.82. The van der Waals surface area contributed by atoms with Crippen molar-refractivity contribution in [2.75, 3.05) is 14.1 Å². The number of nitrogens with zero attached hydrogens (tertiary/aromatic N) is 1. The van der Waals surface area contributed by atoms with E-state index in [9.17, 15) is 9.18 Å². The molecule has 1 N–H and O–H groups in total. The number of benzene rings is 1. The second-order valence-electron chi connectivity index (χ2n) is 5.22. The largest absolute Gasteiger partial charge is 0.339 e. The van der Waals surface area contributed by atoms with E-state index in [2.05, 4.69) is 5.32 Å². The van der Waals surface area contributed by atoms with Crippen LogP contribution in [0.25, 0.3) is 0 Å². The van der Waals surface area contributed by atoms with Crippen molar-refractivity contribution in [3.8, 4) is 0 Å². The van der Waals surface area contributed by atoms with Gasteiger partial charge in [0, 0.05) is 24.7 Å². The van der Waals surface area contributed by atoms with Gasteiger partial charge in [-0.15, -0.1) is 0 Å². The molecule has 0 radical (unpaired) electrons. The predicted octanol–water partition coefficient (Wildman–Crippen LogP) is 2.43. The summed E-state index contributed by atoms with van der Waals surface area (Å²) in [6, 6.07) is 6.73. The second-order valence-corrected chi connectivity index (χ2v) is 5.22. The van der Waals surface area contributed by atoms with Crippen LogP contribution in [0.2, 0.25) is 0 Å². The Labute approximate surface area is 113 Å². The maximum Gasteiger partial charge on any atom is 0.253 e. The van der Waals surface area contributed by atoms with E-state index in [4.69, 9.17) is 0 Å². The lowest BCUT2D eigenvalue weighted by Crippen LogP contribution is -2.42. The van der Waals surface area contributed by atoms with Crippen molar-refractivity contribution in [2.24, 2.45) is 0 Å². The van der Waals surface area contributed by atoms with Gasteiger partial charge in [0.25, 0.3) is 5.91 Å². The third-order valence-electron chi connectivity index (χ3n) is 4.04. The van der Waals surface area contributed by atoms with Crippen LogP contribution in [0.3, 0.4) is 0 Å². The molecule has 1 amide bonds. The molecule has 0 bridgehead atoms. The number of carbonyl (C=O) groups excluding carboxylic acids is 1. The second kappa shape index (κ2) is 6.15. The van der Waals surface area contributed by atoms with Crippen LogP contribution in [0.5, 0.6) is 0 Å². The molecule has 1 aromatic rings. The van der Waals surface area contributed by atoms with E-state index in [0.29, 0.717) is 11.6 Å². The van der Waals surface area contributed by atoms with Crippen LogP contribution in [0, 0.1) is 5.82 Å². The first-order valence-electron chi connectivity index (χ1n) is 6.82. The molecule has 1 aliphatic carbocycles. The fourth-order valence-corrected chi connectivity index (χ4v) is 2.74. The first kappa shape index (κ1) is 14.0. The van der Waals surface area contributed by atoms with E-state index in [1.165, 1.54) is 12.1 Å². The van der Waals surface area contributed by atoms with Gasteiger partial charge in [-0.05, 0) is 50.9 Å². The van der Waals surface area contributed by atoms with Crippen LogP contribution >= 0.6 is 0 Å². The number of amides is 1. The highest BCUT2D eigenvalue weighted by Gasteiger charge is 2.26. The SMILES string of the molecule is CNC1CCC(N(C)C(=O)c2cccc(F)c2)CC1. The Balaban J connectivity index is 2.00. The molecule has 2 rings (SSSR count). The predicted molar refractivity (Wildman–Crippen MR) is 73.6 cm³/mol. The summed E-state index contributed by atoms with van der Waals surface area (Å²) < 4.78 is 13.2. The van der Waals surface area contributed by atoms with Gasteiger partial charge in [-0.2, -0.15) is 0 Å². The molecule has 0 aromatic heterocycles. The minimum Gasteiger partial charge on any atom is -0.339 e. The summed E-state index contributed by atoms with van der Waals surface area (Å²) in [5.41, 5.74) is 0.429. The van der Waals surface area contributed by atoms with Crippen LogP contribution in [-0.2, 0) is 0 Å². The van der Waals surface area contributed by atoms with E-state index in [1.54, 1.807) is 17.0 Å². The summed E-state index contributed by atoms with van der Waals surface area (Å²) >= 11 is 0. The van der Waals surface area contributed by atoms with E-state index in [0.717, 1.165) is 25.7 Å². The van der Waals surface area contributed by atoms with Crippen LogP contribution in [0.15, 0.2) is 24.3 Å². The number of carbonyl (C=O) groups is 1. The third kappa shape index (κ3) is 3.32. The number of hydrogen-bond acceptors (Lipinski definition) is 2. The standard InChI is InChI=1S/C15H21FN2O/c1-17-13-6-8-14(9-7-13)18(2)15(19)11-4-3-5-12(16)10-11/h3-5,10,13-14,17H,6-9H2,1-2H3. The Kier molecular flexibility index (Phi) is 4.53. The third-order valence-corrected chi connectivity index (χ3v) is 4.04. The minimum atomic E-state index is -0.363. The lowest BCUT2D eigenvalue weighted by atomic mass is 9.90. The zero-order chi connectivity index (χ0) is 13.8. The van der Waals surface area contributed by atoms with E-state index in [-0.39, 0.29) is 17.8 Å². The van der Waals surface area contributed by atoms with Crippen LogP contribution in [-0.4, -0.2) is 37.0 Å². The summed E-state index contributed by atoms with van der Waals surface area (Å²) in [6.45, 7) is 0. The number of hydrogen-bond donors (Lipinski definition) is 1. The van der Waals surface area contributed by atoms with E-state index in [1.807, 2.05) is 14.1 Å². The van der Waals surface area contributed by atoms with Crippen LogP contribution in [0.4, 0.5) is 4.39 Å². The van der Waals surface area contributed by atoms with Gasteiger partial charge in [0.15, 0.2) is 0 Å². The van der Waals surface area contributed by atoms with Crippen molar-refractivity contribution in [3.63, 3.8) is 0 Å². The van der Waals surface area contributed by atoms with Crippen molar-refractivity contribution < 1.29 is 9.18 Å². The normalized spacial score (nSPS) is 23.1. The van der Waals surface area contributed by atoms with Crippen LogP contribution < -0.4 is 5.32 Å². The average Bonchev–Trinajstić information content (AvgIpc) is 2.46. The minimum absolute atomic E-state index is 0.0904. The molecule has 4 heteroatoms. The fraction of sp³-hybridized carbons (Fsp3) is 0.533. The molecule has 1 aromatic carbocycles. The van der Waals surface area contributed by atoms with Gasteiger partial charge in [0.1, 0.15) is 5.82 Å². The van der Waals surface area contributed by atoms with Gasteiger partial charge < -0.3 is 10.2 Å². The smallest absolute Gasteiger partial charge is 0.253 e. The number of halogens is 1. The molecule has 0 aliphatic heterocycles. The molecule has 0 unspecified atom stereocenters. The number of rotatable bonds is 3. The van der Waals surface area contributed by atoms with Crippen LogP contribution in [0.1, 0.15) is 36.0 Å². The van der Waals surface area contributed by atoms with E-state index < -0.39 is 0 Å². The topological polar surface area (TPSA) is 32.3 Å².